The molecule has 0 saturated heterocycles. The van der Waals surface area contributed by atoms with Gasteiger partial charge in [0.2, 0.25) is 0 Å². The Morgan fingerprint density at radius 2 is 2.07 bits per heavy atom. The maximum Gasteiger partial charge on any atom is 0.151 e. The van der Waals surface area contributed by atoms with Crippen LogP contribution >= 0.6 is 11.6 Å². The van der Waals surface area contributed by atoms with Gasteiger partial charge in [0.25, 0.3) is 0 Å². The van der Waals surface area contributed by atoms with E-state index in [1.165, 1.54) is 0 Å². The average molecular weight is 218 g/mol. The van der Waals surface area contributed by atoms with Crippen molar-refractivity contribution in [3.63, 3.8) is 0 Å². The summed E-state index contributed by atoms with van der Waals surface area (Å²) in [6, 6.07) is 10.9. The fourth-order valence-corrected chi connectivity index (χ4v) is 1.54. The van der Waals surface area contributed by atoms with Crippen LogP contribution in [0.1, 0.15) is 10.4 Å². The van der Waals surface area contributed by atoms with Crippen molar-refractivity contribution in [1.82, 2.24) is 4.98 Å². The number of halogens is 1. The molecular weight excluding hydrogens is 210 g/mol. The molecular formula is C12H8ClNO. The van der Waals surface area contributed by atoms with Gasteiger partial charge in [0.05, 0.1) is 10.7 Å². The molecule has 0 fully saturated rings. The lowest BCUT2D eigenvalue weighted by Crippen LogP contribution is -1.85. The molecule has 15 heavy (non-hydrogen) atoms. The quantitative estimate of drug-likeness (QED) is 0.723. The number of hydrogen-bond donors (Lipinski definition) is 0. The Bertz CT molecular complexity index is 482. The van der Waals surface area contributed by atoms with Crippen LogP contribution in [0.25, 0.3) is 11.3 Å². The minimum Gasteiger partial charge on any atom is -0.298 e. The van der Waals surface area contributed by atoms with Crippen molar-refractivity contribution in [2.24, 2.45) is 0 Å². The highest BCUT2D eigenvalue weighted by molar-refractivity contribution is 6.33. The van der Waals surface area contributed by atoms with E-state index in [9.17, 15) is 4.79 Å². The molecule has 0 bridgehead atoms. The lowest BCUT2D eigenvalue weighted by atomic mass is 10.1. The van der Waals surface area contributed by atoms with Crippen molar-refractivity contribution in [2.75, 3.05) is 0 Å². The zero-order valence-corrected chi connectivity index (χ0v) is 8.61. The maximum absolute atomic E-state index is 10.6. The fourth-order valence-electron chi connectivity index (χ4n) is 1.32. The molecule has 0 unspecified atom stereocenters. The number of nitrogens with zero attached hydrogens (tertiary/aromatic N) is 1. The molecule has 1 heterocycles. The van der Waals surface area contributed by atoms with Crippen molar-refractivity contribution >= 4 is 17.9 Å². The Morgan fingerprint density at radius 3 is 2.67 bits per heavy atom. The molecule has 0 atom stereocenters. The Kier molecular flexibility index (Phi) is 2.79. The third-order valence-electron chi connectivity index (χ3n) is 2.09. The van der Waals surface area contributed by atoms with Gasteiger partial charge >= 0.3 is 0 Å². The third kappa shape index (κ3) is 2.05. The molecule has 3 heteroatoms. The van der Waals surface area contributed by atoms with Crippen LogP contribution in [-0.2, 0) is 0 Å². The fraction of sp³-hybridized carbons (Fsp3) is 0. The first-order valence-corrected chi connectivity index (χ1v) is 4.85. The SMILES string of the molecule is O=Cc1ccc(-c2ccccn2)cc1Cl. The van der Waals surface area contributed by atoms with Gasteiger partial charge in [-0.05, 0) is 24.3 Å². The number of aldehydes is 1. The highest BCUT2D eigenvalue weighted by Gasteiger charge is 2.02. The van der Waals surface area contributed by atoms with Gasteiger partial charge in [-0.15, -0.1) is 0 Å². The van der Waals surface area contributed by atoms with E-state index in [4.69, 9.17) is 11.6 Å². The number of benzene rings is 1. The van der Waals surface area contributed by atoms with Crippen LogP contribution in [-0.4, -0.2) is 11.3 Å². The van der Waals surface area contributed by atoms with Crippen molar-refractivity contribution in [1.29, 1.82) is 0 Å². The molecule has 0 aliphatic heterocycles. The predicted molar refractivity (Wildman–Crippen MR) is 60.1 cm³/mol. The monoisotopic (exact) mass is 217 g/mol. The van der Waals surface area contributed by atoms with E-state index in [-0.39, 0.29) is 0 Å². The Labute approximate surface area is 92.5 Å². The summed E-state index contributed by atoms with van der Waals surface area (Å²) in [5, 5.41) is 0.452. The van der Waals surface area contributed by atoms with Crippen LogP contribution in [0.3, 0.4) is 0 Å². The van der Waals surface area contributed by atoms with Gasteiger partial charge in [0, 0.05) is 17.3 Å². The lowest BCUT2D eigenvalue weighted by molar-refractivity contribution is 0.112. The van der Waals surface area contributed by atoms with Gasteiger partial charge in [0.1, 0.15) is 0 Å². The van der Waals surface area contributed by atoms with E-state index in [2.05, 4.69) is 4.98 Å². The zero-order valence-electron chi connectivity index (χ0n) is 7.85. The highest BCUT2D eigenvalue weighted by atomic mass is 35.5. The smallest absolute Gasteiger partial charge is 0.151 e. The lowest BCUT2D eigenvalue weighted by Gasteiger charge is -2.02. The van der Waals surface area contributed by atoms with Gasteiger partial charge < -0.3 is 0 Å². The van der Waals surface area contributed by atoms with E-state index < -0.39 is 0 Å². The minimum atomic E-state index is 0.452. The van der Waals surface area contributed by atoms with Crippen LogP contribution in [0, 0.1) is 0 Å². The van der Waals surface area contributed by atoms with Gasteiger partial charge in [-0.2, -0.15) is 0 Å². The molecule has 1 aromatic heterocycles. The van der Waals surface area contributed by atoms with Gasteiger partial charge in [-0.1, -0.05) is 23.7 Å². The van der Waals surface area contributed by atoms with Crippen LogP contribution in [0.2, 0.25) is 5.02 Å². The predicted octanol–water partition coefficient (Wildman–Crippen LogP) is 3.21. The first-order valence-electron chi connectivity index (χ1n) is 4.47. The molecule has 0 amide bonds. The number of aromatic nitrogens is 1. The number of hydrogen-bond acceptors (Lipinski definition) is 2. The topological polar surface area (TPSA) is 30.0 Å². The van der Waals surface area contributed by atoms with E-state index >= 15 is 0 Å². The van der Waals surface area contributed by atoms with E-state index in [1.54, 1.807) is 18.3 Å². The van der Waals surface area contributed by atoms with E-state index in [0.29, 0.717) is 10.6 Å². The first kappa shape index (κ1) is 9.87. The summed E-state index contributed by atoms with van der Waals surface area (Å²) >= 11 is 5.92. The average Bonchev–Trinajstić information content (AvgIpc) is 2.30. The van der Waals surface area contributed by atoms with Crippen LogP contribution in [0.5, 0.6) is 0 Å². The van der Waals surface area contributed by atoms with Crippen molar-refractivity contribution < 1.29 is 4.79 Å². The first-order chi connectivity index (χ1) is 7.31. The highest BCUT2D eigenvalue weighted by Crippen LogP contribution is 2.23. The summed E-state index contributed by atoms with van der Waals surface area (Å²) in [6.45, 7) is 0. The number of carbonyl (C=O) groups excluding carboxylic acids is 1. The van der Waals surface area contributed by atoms with Gasteiger partial charge in [-0.3, -0.25) is 9.78 Å². The molecule has 0 radical (unpaired) electrons. The standard InChI is InChI=1S/C12H8ClNO/c13-11-7-9(4-5-10(11)8-15)12-3-1-2-6-14-12/h1-8H. The molecule has 0 aliphatic rings. The molecule has 74 valence electrons. The second-order valence-electron chi connectivity index (χ2n) is 3.07. The summed E-state index contributed by atoms with van der Waals surface area (Å²) in [6.07, 6.45) is 2.46. The number of pyridine rings is 1. The van der Waals surface area contributed by atoms with Crippen LogP contribution in [0.4, 0.5) is 0 Å². The van der Waals surface area contributed by atoms with Crippen LogP contribution < -0.4 is 0 Å². The van der Waals surface area contributed by atoms with Crippen molar-refractivity contribution in [3.8, 4) is 11.3 Å². The second-order valence-corrected chi connectivity index (χ2v) is 3.48. The molecule has 2 rings (SSSR count). The molecule has 0 aliphatic carbocycles. The molecule has 0 spiro atoms. The molecule has 2 aromatic rings. The minimum absolute atomic E-state index is 0.452. The molecule has 0 saturated carbocycles. The Balaban J connectivity index is 2.47. The summed E-state index contributed by atoms with van der Waals surface area (Å²) in [5.41, 5.74) is 2.25. The number of rotatable bonds is 2. The summed E-state index contributed by atoms with van der Waals surface area (Å²) in [5.74, 6) is 0. The summed E-state index contributed by atoms with van der Waals surface area (Å²) in [7, 11) is 0. The maximum atomic E-state index is 10.6. The molecule has 2 nitrogen and oxygen atoms in total. The van der Waals surface area contributed by atoms with Gasteiger partial charge in [0.15, 0.2) is 6.29 Å². The summed E-state index contributed by atoms with van der Waals surface area (Å²) in [4.78, 5) is 14.8. The van der Waals surface area contributed by atoms with E-state index in [1.807, 2.05) is 24.3 Å². The Hall–Kier alpha value is -1.67. The normalized spacial score (nSPS) is 9.93. The summed E-state index contributed by atoms with van der Waals surface area (Å²) < 4.78 is 0. The molecule has 1 aromatic carbocycles. The third-order valence-corrected chi connectivity index (χ3v) is 2.42. The van der Waals surface area contributed by atoms with E-state index in [0.717, 1.165) is 17.5 Å². The largest absolute Gasteiger partial charge is 0.298 e. The zero-order chi connectivity index (χ0) is 10.7. The van der Waals surface area contributed by atoms with Crippen LogP contribution in [0.15, 0.2) is 42.6 Å². The number of carbonyl (C=O) groups is 1. The Morgan fingerprint density at radius 1 is 1.20 bits per heavy atom. The second kappa shape index (κ2) is 4.24. The van der Waals surface area contributed by atoms with Crippen molar-refractivity contribution in [3.05, 3.63) is 53.2 Å². The van der Waals surface area contributed by atoms with Crippen molar-refractivity contribution in [2.45, 2.75) is 0 Å². The molecule has 0 N–H and O–H groups in total. The van der Waals surface area contributed by atoms with Gasteiger partial charge in [-0.25, -0.2) is 0 Å².